The van der Waals surface area contributed by atoms with Crippen molar-refractivity contribution in [1.29, 1.82) is 0 Å². The van der Waals surface area contributed by atoms with Gasteiger partial charge in [-0.3, -0.25) is 0 Å². The second kappa shape index (κ2) is 11.2. The third kappa shape index (κ3) is 6.00. The molecule has 0 fully saturated rings. The Balaban J connectivity index is 2.31. The van der Waals surface area contributed by atoms with Crippen LogP contribution in [-0.2, 0) is 19.3 Å². The zero-order chi connectivity index (χ0) is 18.8. The highest BCUT2D eigenvalue weighted by Crippen LogP contribution is 2.24. The molecule has 26 heavy (non-hydrogen) atoms. The minimum absolute atomic E-state index is 0.146. The summed E-state index contributed by atoms with van der Waals surface area (Å²) in [6.07, 6.45) is 13.9. The van der Waals surface area contributed by atoms with Gasteiger partial charge >= 0.3 is 5.63 Å². The molecule has 0 amide bonds. The molecule has 1 aromatic carbocycles. The van der Waals surface area contributed by atoms with E-state index in [0.717, 1.165) is 48.6 Å². The van der Waals surface area contributed by atoms with E-state index in [1.54, 1.807) is 0 Å². The van der Waals surface area contributed by atoms with Crippen molar-refractivity contribution in [2.24, 2.45) is 0 Å². The van der Waals surface area contributed by atoms with Crippen molar-refractivity contribution in [2.45, 2.75) is 97.8 Å². The van der Waals surface area contributed by atoms with Crippen LogP contribution in [-0.4, -0.2) is 0 Å². The van der Waals surface area contributed by atoms with E-state index in [9.17, 15) is 4.79 Å². The van der Waals surface area contributed by atoms with Crippen LogP contribution in [0.1, 0.15) is 95.2 Å². The van der Waals surface area contributed by atoms with Gasteiger partial charge < -0.3 is 4.42 Å². The predicted octanol–water partition coefficient (Wildman–Crippen LogP) is 6.99. The SMILES string of the molecule is CCCCCc1cc2cc(CCCCC)c(=O)oc2cc1CCCCC. The average molecular weight is 357 g/mol. The molecule has 0 N–H and O–H groups in total. The molecule has 0 unspecified atom stereocenters. The lowest BCUT2D eigenvalue weighted by molar-refractivity contribution is 0.545. The minimum Gasteiger partial charge on any atom is -0.423 e. The molecule has 0 spiro atoms. The maximum absolute atomic E-state index is 12.3. The second-order valence-electron chi connectivity index (χ2n) is 7.59. The van der Waals surface area contributed by atoms with Crippen molar-refractivity contribution in [3.05, 3.63) is 45.3 Å². The Morgan fingerprint density at radius 1 is 0.654 bits per heavy atom. The fraction of sp³-hybridized carbons (Fsp3) is 0.625. The van der Waals surface area contributed by atoms with E-state index in [-0.39, 0.29) is 5.63 Å². The molecule has 0 aliphatic rings. The summed E-state index contributed by atoms with van der Waals surface area (Å²) in [5.74, 6) is 0. The molecule has 0 saturated heterocycles. The molecule has 1 heterocycles. The van der Waals surface area contributed by atoms with E-state index in [1.165, 1.54) is 56.1 Å². The van der Waals surface area contributed by atoms with Crippen LogP contribution in [0.15, 0.2) is 27.4 Å². The van der Waals surface area contributed by atoms with Crippen LogP contribution >= 0.6 is 0 Å². The topological polar surface area (TPSA) is 30.2 Å². The van der Waals surface area contributed by atoms with Gasteiger partial charge in [-0.05, 0) is 67.9 Å². The summed E-state index contributed by atoms with van der Waals surface area (Å²) >= 11 is 0. The Hall–Kier alpha value is -1.57. The Labute approximate surface area is 159 Å². The lowest BCUT2D eigenvalue weighted by Gasteiger charge is -2.12. The van der Waals surface area contributed by atoms with Gasteiger partial charge in [-0.25, -0.2) is 4.79 Å². The molecular formula is C24H36O2. The van der Waals surface area contributed by atoms with Gasteiger partial charge in [0.2, 0.25) is 0 Å². The number of unbranched alkanes of at least 4 members (excludes halogenated alkanes) is 6. The van der Waals surface area contributed by atoms with Crippen LogP contribution < -0.4 is 5.63 Å². The van der Waals surface area contributed by atoms with Gasteiger partial charge in [0.25, 0.3) is 0 Å². The lowest BCUT2D eigenvalue weighted by Crippen LogP contribution is -2.08. The molecule has 2 aromatic rings. The summed E-state index contributed by atoms with van der Waals surface area (Å²) in [6, 6.07) is 6.51. The third-order valence-electron chi connectivity index (χ3n) is 5.28. The number of hydrogen-bond acceptors (Lipinski definition) is 2. The molecule has 2 nitrogen and oxygen atoms in total. The maximum atomic E-state index is 12.3. The molecule has 144 valence electrons. The third-order valence-corrected chi connectivity index (χ3v) is 5.28. The zero-order valence-corrected chi connectivity index (χ0v) is 17.0. The Bertz CT molecular complexity index is 727. The van der Waals surface area contributed by atoms with Crippen LogP contribution in [0.4, 0.5) is 0 Å². The Morgan fingerprint density at radius 3 is 1.65 bits per heavy atom. The number of fused-ring (bicyclic) bond motifs is 1. The smallest absolute Gasteiger partial charge is 0.339 e. The molecule has 0 aliphatic carbocycles. The van der Waals surface area contributed by atoms with E-state index >= 15 is 0 Å². The van der Waals surface area contributed by atoms with Crippen molar-refractivity contribution < 1.29 is 4.42 Å². The van der Waals surface area contributed by atoms with Crippen molar-refractivity contribution in [2.75, 3.05) is 0 Å². The Kier molecular flexibility index (Phi) is 8.94. The summed E-state index contributed by atoms with van der Waals surface area (Å²) in [7, 11) is 0. The number of aryl methyl sites for hydroxylation is 3. The van der Waals surface area contributed by atoms with E-state index < -0.39 is 0 Å². The predicted molar refractivity (Wildman–Crippen MR) is 112 cm³/mol. The summed E-state index contributed by atoms with van der Waals surface area (Å²) < 4.78 is 5.70. The summed E-state index contributed by atoms with van der Waals surface area (Å²) in [6.45, 7) is 6.67. The van der Waals surface area contributed by atoms with Crippen molar-refractivity contribution in [3.63, 3.8) is 0 Å². The largest absolute Gasteiger partial charge is 0.423 e. The first kappa shape index (κ1) is 20.7. The Morgan fingerprint density at radius 2 is 1.12 bits per heavy atom. The standard InChI is InChI=1S/C24H36O2/c1-4-7-10-13-19-16-22-17-21(15-12-9-6-3)24(25)26-23(22)18-20(19)14-11-8-5-2/h16-18H,4-15H2,1-3H3. The molecule has 2 rings (SSSR count). The first-order chi connectivity index (χ1) is 12.7. The summed E-state index contributed by atoms with van der Waals surface area (Å²) in [5.41, 5.74) is 4.29. The van der Waals surface area contributed by atoms with Gasteiger partial charge in [0.05, 0.1) is 0 Å². The fourth-order valence-electron chi connectivity index (χ4n) is 3.64. The van der Waals surface area contributed by atoms with Gasteiger partial charge in [-0.2, -0.15) is 0 Å². The highest BCUT2D eigenvalue weighted by atomic mass is 16.4. The van der Waals surface area contributed by atoms with Crippen LogP contribution in [0.3, 0.4) is 0 Å². The number of hydrogen-bond donors (Lipinski definition) is 0. The van der Waals surface area contributed by atoms with Gasteiger partial charge in [0.15, 0.2) is 0 Å². The van der Waals surface area contributed by atoms with Gasteiger partial charge in [-0.1, -0.05) is 59.3 Å². The molecule has 0 atom stereocenters. The molecular weight excluding hydrogens is 320 g/mol. The van der Waals surface area contributed by atoms with Crippen molar-refractivity contribution >= 4 is 11.0 Å². The van der Waals surface area contributed by atoms with Crippen molar-refractivity contribution in [3.8, 4) is 0 Å². The fourth-order valence-corrected chi connectivity index (χ4v) is 3.64. The highest BCUT2D eigenvalue weighted by Gasteiger charge is 2.10. The van der Waals surface area contributed by atoms with Gasteiger partial charge in [-0.15, -0.1) is 0 Å². The molecule has 0 aliphatic heterocycles. The monoisotopic (exact) mass is 356 g/mol. The normalized spacial score (nSPS) is 11.3. The van der Waals surface area contributed by atoms with Crippen LogP contribution in [0.5, 0.6) is 0 Å². The molecule has 1 aromatic heterocycles. The lowest BCUT2D eigenvalue weighted by atomic mass is 9.95. The quantitative estimate of drug-likeness (QED) is 0.303. The van der Waals surface area contributed by atoms with Crippen LogP contribution in [0.2, 0.25) is 0 Å². The van der Waals surface area contributed by atoms with Crippen LogP contribution in [0.25, 0.3) is 11.0 Å². The van der Waals surface area contributed by atoms with E-state index in [1.807, 2.05) is 0 Å². The second-order valence-corrected chi connectivity index (χ2v) is 7.59. The maximum Gasteiger partial charge on any atom is 0.339 e. The van der Waals surface area contributed by atoms with Gasteiger partial charge in [0.1, 0.15) is 5.58 Å². The highest BCUT2D eigenvalue weighted by molar-refractivity contribution is 5.79. The molecule has 0 bridgehead atoms. The van der Waals surface area contributed by atoms with Crippen LogP contribution in [0, 0.1) is 0 Å². The van der Waals surface area contributed by atoms with Gasteiger partial charge in [0, 0.05) is 10.9 Å². The first-order valence-corrected chi connectivity index (χ1v) is 10.8. The minimum atomic E-state index is -0.146. The zero-order valence-electron chi connectivity index (χ0n) is 17.0. The van der Waals surface area contributed by atoms with Crippen molar-refractivity contribution in [1.82, 2.24) is 0 Å². The summed E-state index contributed by atoms with van der Waals surface area (Å²) in [4.78, 5) is 12.3. The van der Waals surface area contributed by atoms with E-state index in [2.05, 4.69) is 39.0 Å². The summed E-state index contributed by atoms with van der Waals surface area (Å²) in [5, 5.41) is 1.10. The molecule has 0 saturated carbocycles. The molecule has 2 heteroatoms. The first-order valence-electron chi connectivity index (χ1n) is 10.8. The number of rotatable bonds is 12. The molecule has 0 radical (unpaired) electrons. The van der Waals surface area contributed by atoms with E-state index in [4.69, 9.17) is 4.42 Å². The van der Waals surface area contributed by atoms with E-state index in [0.29, 0.717) is 0 Å². The number of benzene rings is 1. The average Bonchev–Trinajstić information content (AvgIpc) is 2.63.